The lowest BCUT2D eigenvalue weighted by atomic mass is 9.80. The van der Waals surface area contributed by atoms with Crippen LogP contribution in [0.3, 0.4) is 0 Å². The topological polar surface area (TPSA) is 75.4 Å². The van der Waals surface area contributed by atoms with Crippen molar-refractivity contribution in [3.05, 3.63) is 52.1 Å². The van der Waals surface area contributed by atoms with E-state index in [9.17, 15) is 22.8 Å². The summed E-state index contributed by atoms with van der Waals surface area (Å²) in [6.07, 6.45) is 3.72. The van der Waals surface area contributed by atoms with Crippen LogP contribution in [0, 0.1) is 36.2 Å². The largest absolute Gasteiger partial charge is 0.481 e. The molecule has 172 valence electrons. The predicted octanol–water partition coefficient (Wildman–Crippen LogP) is 3.82. The third kappa shape index (κ3) is 4.52. The zero-order valence-corrected chi connectivity index (χ0v) is 17.9. The first-order valence-corrected chi connectivity index (χ1v) is 10.9. The number of aromatic nitrogens is 2. The quantitative estimate of drug-likeness (QED) is 0.705. The first kappa shape index (κ1) is 22.4. The molecule has 1 aliphatic heterocycles. The molecule has 0 spiro atoms. The van der Waals surface area contributed by atoms with Gasteiger partial charge in [0.25, 0.3) is 0 Å². The van der Waals surface area contributed by atoms with Crippen LogP contribution in [0.25, 0.3) is 0 Å². The van der Waals surface area contributed by atoms with Crippen molar-refractivity contribution in [1.29, 1.82) is 0 Å². The number of hydrogen-bond donors (Lipinski definition) is 1. The predicted molar refractivity (Wildman–Crippen MR) is 109 cm³/mol. The molecule has 0 bridgehead atoms. The number of nitrogens with zero attached hydrogens (tertiary/aromatic N) is 3. The van der Waals surface area contributed by atoms with Gasteiger partial charge in [0.2, 0.25) is 5.91 Å². The Bertz CT molecular complexity index is 1020. The van der Waals surface area contributed by atoms with Crippen molar-refractivity contribution in [2.45, 2.75) is 58.5 Å². The van der Waals surface area contributed by atoms with E-state index in [1.54, 1.807) is 9.58 Å². The summed E-state index contributed by atoms with van der Waals surface area (Å²) >= 11 is 0. The van der Waals surface area contributed by atoms with Crippen molar-refractivity contribution in [3.63, 3.8) is 0 Å². The Balaban J connectivity index is 1.44. The molecule has 1 aliphatic carbocycles. The summed E-state index contributed by atoms with van der Waals surface area (Å²) in [4.78, 5) is 25.8. The number of carbonyl (C=O) groups excluding carboxylic acids is 1. The molecule has 1 fully saturated rings. The molecular weight excluding hydrogens is 423 g/mol. The molecule has 9 heteroatoms. The van der Waals surface area contributed by atoms with E-state index in [1.807, 2.05) is 6.92 Å². The molecule has 32 heavy (non-hydrogen) atoms. The number of benzene rings is 1. The van der Waals surface area contributed by atoms with E-state index >= 15 is 0 Å². The SMILES string of the molecule is Cc1nn(Cc2cc(F)c(F)c(F)c2)c2c1CCN(C(=O)CC1CCC(C(=O)O)CC1)C2. The van der Waals surface area contributed by atoms with Crippen molar-refractivity contribution in [2.75, 3.05) is 6.54 Å². The van der Waals surface area contributed by atoms with Crippen LogP contribution in [-0.4, -0.2) is 38.2 Å². The Kier molecular flexibility index (Phi) is 6.26. The molecule has 0 atom stereocenters. The first-order valence-electron chi connectivity index (χ1n) is 10.9. The van der Waals surface area contributed by atoms with Crippen molar-refractivity contribution >= 4 is 11.9 Å². The molecule has 1 N–H and O–H groups in total. The van der Waals surface area contributed by atoms with E-state index in [0.717, 1.165) is 41.9 Å². The fraction of sp³-hybridized carbons (Fsp3) is 0.522. The Morgan fingerprint density at radius 1 is 1.12 bits per heavy atom. The second kappa shape index (κ2) is 8.96. The number of hydrogen-bond acceptors (Lipinski definition) is 3. The molecule has 1 saturated carbocycles. The minimum atomic E-state index is -1.50. The molecule has 2 heterocycles. The first-order chi connectivity index (χ1) is 15.2. The van der Waals surface area contributed by atoms with Crippen LogP contribution in [0.15, 0.2) is 12.1 Å². The molecule has 0 unspecified atom stereocenters. The van der Waals surface area contributed by atoms with E-state index < -0.39 is 23.4 Å². The van der Waals surface area contributed by atoms with Gasteiger partial charge in [0.15, 0.2) is 17.5 Å². The molecule has 1 aromatic carbocycles. The van der Waals surface area contributed by atoms with Gasteiger partial charge in [-0.2, -0.15) is 5.10 Å². The fourth-order valence-electron chi connectivity index (χ4n) is 4.88. The minimum absolute atomic E-state index is 0.0266. The number of carboxylic acid groups (broad SMARTS) is 1. The van der Waals surface area contributed by atoms with E-state index in [1.165, 1.54) is 0 Å². The minimum Gasteiger partial charge on any atom is -0.481 e. The zero-order valence-electron chi connectivity index (χ0n) is 17.9. The average molecular weight is 449 g/mol. The third-order valence-electron chi connectivity index (χ3n) is 6.73. The molecule has 1 aromatic heterocycles. The number of aryl methyl sites for hydroxylation is 1. The number of amides is 1. The third-order valence-corrected chi connectivity index (χ3v) is 6.73. The summed E-state index contributed by atoms with van der Waals surface area (Å²) in [7, 11) is 0. The van der Waals surface area contributed by atoms with Crippen molar-refractivity contribution in [3.8, 4) is 0 Å². The van der Waals surface area contributed by atoms with Crippen molar-refractivity contribution < 1.29 is 27.9 Å². The van der Waals surface area contributed by atoms with Crippen LogP contribution in [0.2, 0.25) is 0 Å². The number of fused-ring (bicyclic) bond motifs is 1. The Labute approximate surface area is 184 Å². The van der Waals surface area contributed by atoms with Gasteiger partial charge < -0.3 is 10.0 Å². The molecule has 4 rings (SSSR count). The van der Waals surface area contributed by atoms with Gasteiger partial charge in [-0.25, -0.2) is 13.2 Å². The Morgan fingerprint density at radius 3 is 2.41 bits per heavy atom. The van der Waals surface area contributed by atoms with Gasteiger partial charge in [-0.05, 0) is 68.2 Å². The van der Waals surface area contributed by atoms with Crippen LogP contribution in [0.4, 0.5) is 13.2 Å². The van der Waals surface area contributed by atoms with Crippen LogP contribution in [0.5, 0.6) is 0 Å². The van der Waals surface area contributed by atoms with Crippen LogP contribution in [0.1, 0.15) is 54.6 Å². The molecule has 2 aliphatic rings. The number of rotatable bonds is 5. The maximum Gasteiger partial charge on any atom is 0.306 e. The van der Waals surface area contributed by atoms with Crippen molar-refractivity contribution in [1.82, 2.24) is 14.7 Å². The highest BCUT2D eigenvalue weighted by Gasteiger charge is 2.31. The molecule has 0 saturated heterocycles. The maximum absolute atomic E-state index is 13.6. The van der Waals surface area contributed by atoms with Gasteiger partial charge in [0.1, 0.15) is 0 Å². The van der Waals surface area contributed by atoms with E-state index in [0.29, 0.717) is 38.8 Å². The van der Waals surface area contributed by atoms with Gasteiger partial charge in [-0.15, -0.1) is 0 Å². The Hall–Kier alpha value is -2.84. The highest BCUT2D eigenvalue weighted by molar-refractivity contribution is 5.77. The number of aliphatic carboxylic acids is 1. The van der Waals surface area contributed by atoms with Gasteiger partial charge in [-0.1, -0.05) is 0 Å². The van der Waals surface area contributed by atoms with Crippen LogP contribution in [-0.2, 0) is 29.1 Å². The number of carboxylic acids is 1. The summed E-state index contributed by atoms with van der Waals surface area (Å²) in [6.45, 7) is 2.86. The summed E-state index contributed by atoms with van der Waals surface area (Å²) < 4.78 is 42.1. The smallest absolute Gasteiger partial charge is 0.306 e. The van der Waals surface area contributed by atoms with Crippen molar-refractivity contribution in [2.24, 2.45) is 11.8 Å². The fourth-order valence-corrected chi connectivity index (χ4v) is 4.88. The second-order valence-electron chi connectivity index (χ2n) is 8.87. The lowest BCUT2D eigenvalue weighted by Crippen LogP contribution is -2.38. The molecule has 2 aromatic rings. The van der Waals surface area contributed by atoms with Crippen LogP contribution < -0.4 is 0 Å². The van der Waals surface area contributed by atoms with Gasteiger partial charge in [-0.3, -0.25) is 14.3 Å². The average Bonchev–Trinajstić information content (AvgIpc) is 3.07. The normalized spacial score (nSPS) is 20.8. The zero-order chi connectivity index (χ0) is 23.0. The Morgan fingerprint density at radius 2 is 1.78 bits per heavy atom. The lowest BCUT2D eigenvalue weighted by Gasteiger charge is -2.31. The summed E-state index contributed by atoms with van der Waals surface area (Å²) in [5.74, 6) is -4.84. The van der Waals surface area contributed by atoms with Crippen LogP contribution >= 0.6 is 0 Å². The van der Waals surface area contributed by atoms with E-state index in [4.69, 9.17) is 5.11 Å². The summed E-state index contributed by atoms with van der Waals surface area (Å²) in [6, 6.07) is 1.92. The highest BCUT2D eigenvalue weighted by atomic mass is 19.2. The monoisotopic (exact) mass is 449 g/mol. The lowest BCUT2D eigenvalue weighted by molar-refractivity contribution is -0.143. The molecule has 6 nitrogen and oxygen atoms in total. The van der Waals surface area contributed by atoms with E-state index in [-0.39, 0.29) is 29.9 Å². The summed E-state index contributed by atoms with van der Waals surface area (Å²) in [5, 5.41) is 13.6. The summed E-state index contributed by atoms with van der Waals surface area (Å²) in [5.41, 5.74) is 2.91. The van der Waals surface area contributed by atoms with E-state index in [2.05, 4.69) is 5.10 Å². The molecule has 0 radical (unpaired) electrons. The molecule has 1 amide bonds. The standard InChI is InChI=1S/C23H26F3N3O3/c1-13-17-6-7-28(21(30)10-14-2-4-16(5-3-14)23(31)32)12-20(17)29(27-13)11-15-8-18(24)22(26)19(25)9-15/h8-9,14,16H,2-7,10-12H2,1H3,(H,31,32). The van der Waals surface area contributed by atoms with Gasteiger partial charge >= 0.3 is 5.97 Å². The van der Waals surface area contributed by atoms with Gasteiger partial charge in [0.05, 0.1) is 30.4 Å². The number of carbonyl (C=O) groups is 2. The van der Waals surface area contributed by atoms with Gasteiger partial charge in [0, 0.05) is 13.0 Å². The molecular formula is C23H26F3N3O3. The second-order valence-corrected chi connectivity index (χ2v) is 8.87. The maximum atomic E-state index is 13.6. The number of halogens is 3. The highest BCUT2D eigenvalue weighted by Crippen LogP contribution is 2.32.